The van der Waals surface area contributed by atoms with Crippen molar-refractivity contribution in [1.82, 2.24) is 4.72 Å². The van der Waals surface area contributed by atoms with Crippen LogP contribution >= 0.6 is 0 Å². The summed E-state index contributed by atoms with van der Waals surface area (Å²) >= 11 is 0. The first kappa shape index (κ1) is 20.1. The van der Waals surface area contributed by atoms with Gasteiger partial charge in [-0.25, -0.2) is 13.1 Å². The maximum atomic E-state index is 12.4. The minimum Gasteiger partial charge on any atom is -0.325 e. The average molecular weight is 375 g/mol. The molecule has 0 spiro atoms. The molecule has 0 radical (unpaired) electrons. The number of rotatable bonds is 5. The second kappa shape index (κ2) is 7.60. The van der Waals surface area contributed by atoms with Gasteiger partial charge in [0, 0.05) is 5.69 Å². The molecule has 2 aromatic carbocycles. The Morgan fingerprint density at radius 3 is 2.00 bits per heavy atom. The molecule has 140 valence electrons. The first-order valence-corrected chi connectivity index (χ1v) is 9.94. The maximum Gasteiger partial charge on any atom is 0.241 e. The van der Waals surface area contributed by atoms with Gasteiger partial charge in [0.2, 0.25) is 15.9 Å². The number of anilines is 1. The molecular formula is C20H26N2O3S. The first-order valence-electron chi connectivity index (χ1n) is 8.46. The van der Waals surface area contributed by atoms with Crippen molar-refractivity contribution in [2.75, 3.05) is 11.9 Å². The lowest BCUT2D eigenvalue weighted by Gasteiger charge is -2.19. The molecule has 0 aliphatic carbocycles. The Bertz CT molecular complexity index is 875. The van der Waals surface area contributed by atoms with Gasteiger partial charge in [-0.1, -0.05) is 39.0 Å². The van der Waals surface area contributed by atoms with Crippen LogP contribution in [0.15, 0.2) is 47.4 Å². The van der Waals surface area contributed by atoms with Crippen LogP contribution in [0.2, 0.25) is 0 Å². The molecule has 6 heteroatoms. The summed E-state index contributed by atoms with van der Waals surface area (Å²) in [5.41, 5.74) is 3.70. The average Bonchev–Trinajstić information content (AvgIpc) is 2.51. The lowest BCUT2D eigenvalue weighted by atomic mass is 9.87. The quantitative estimate of drug-likeness (QED) is 0.841. The third-order valence-electron chi connectivity index (χ3n) is 3.96. The van der Waals surface area contributed by atoms with Crippen LogP contribution in [0.4, 0.5) is 5.69 Å². The number of hydrogen-bond acceptors (Lipinski definition) is 3. The zero-order valence-corrected chi connectivity index (χ0v) is 16.7. The molecule has 2 aromatic rings. The van der Waals surface area contributed by atoms with Gasteiger partial charge in [0.25, 0.3) is 0 Å². The summed E-state index contributed by atoms with van der Waals surface area (Å²) < 4.78 is 27.1. The van der Waals surface area contributed by atoms with Crippen molar-refractivity contribution in [3.63, 3.8) is 0 Å². The molecule has 0 fully saturated rings. The summed E-state index contributed by atoms with van der Waals surface area (Å²) in [4.78, 5) is 12.2. The normalized spacial score (nSPS) is 12.0. The number of carbonyl (C=O) groups excluding carboxylic acids is 1. The van der Waals surface area contributed by atoms with Crippen LogP contribution in [0.5, 0.6) is 0 Å². The zero-order chi connectivity index (χ0) is 19.5. The van der Waals surface area contributed by atoms with E-state index in [1.807, 2.05) is 32.0 Å². The molecule has 0 atom stereocenters. The molecule has 0 aliphatic rings. The molecular weight excluding hydrogens is 348 g/mol. The highest BCUT2D eigenvalue weighted by molar-refractivity contribution is 7.89. The highest BCUT2D eigenvalue weighted by Crippen LogP contribution is 2.23. The Morgan fingerprint density at radius 2 is 1.50 bits per heavy atom. The van der Waals surface area contributed by atoms with E-state index in [-0.39, 0.29) is 16.9 Å². The fraction of sp³-hybridized carbons (Fsp3) is 0.350. The summed E-state index contributed by atoms with van der Waals surface area (Å²) in [6.07, 6.45) is 0. The topological polar surface area (TPSA) is 75.3 Å². The van der Waals surface area contributed by atoms with Crippen molar-refractivity contribution in [2.24, 2.45) is 0 Å². The van der Waals surface area contributed by atoms with Crippen LogP contribution < -0.4 is 10.0 Å². The molecule has 0 saturated heterocycles. The van der Waals surface area contributed by atoms with Gasteiger partial charge in [-0.2, -0.15) is 0 Å². The van der Waals surface area contributed by atoms with Crippen molar-refractivity contribution in [3.8, 4) is 0 Å². The third-order valence-corrected chi connectivity index (χ3v) is 5.38. The van der Waals surface area contributed by atoms with Crippen LogP contribution in [0.25, 0.3) is 0 Å². The Hall–Kier alpha value is -2.18. The standard InChI is InChI=1S/C20H26N2O3S/c1-14-10-15(2)12-17(11-14)22-19(23)13-21-26(24,25)18-8-6-16(7-9-18)20(3,4)5/h6-12,21H,13H2,1-5H3,(H,22,23). The highest BCUT2D eigenvalue weighted by Gasteiger charge is 2.18. The maximum absolute atomic E-state index is 12.4. The van der Waals surface area contributed by atoms with E-state index in [0.29, 0.717) is 5.69 Å². The summed E-state index contributed by atoms with van der Waals surface area (Å²) in [5, 5.41) is 2.71. The molecule has 26 heavy (non-hydrogen) atoms. The molecule has 5 nitrogen and oxygen atoms in total. The lowest BCUT2D eigenvalue weighted by molar-refractivity contribution is -0.115. The van der Waals surface area contributed by atoms with Crippen molar-refractivity contribution in [3.05, 3.63) is 59.2 Å². The Kier molecular flexibility index (Phi) is 5.88. The van der Waals surface area contributed by atoms with Crippen molar-refractivity contribution in [1.29, 1.82) is 0 Å². The minimum absolute atomic E-state index is 0.0540. The predicted molar refractivity (Wildman–Crippen MR) is 105 cm³/mol. The Labute approximate surface area is 155 Å². The first-order chi connectivity index (χ1) is 12.0. The van der Waals surface area contributed by atoms with Gasteiger partial charge in [-0.05, 0) is 60.2 Å². The van der Waals surface area contributed by atoms with Gasteiger partial charge in [0.05, 0.1) is 11.4 Å². The summed E-state index contributed by atoms with van der Waals surface area (Å²) in [6.45, 7) is 9.74. The smallest absolute Gasteiger partial charge is 0.241 e. The molecule has 0 aliphatic heterocycles. The fourth-order valence-corrected chi connectivity index (χ4v) is 3.61. The van der Waals surface area contributed by atoms with E-state index >= 15 is 0 Å². The van der Waals surface area contributed by atoms with E-state index in [2.05, 4.69) is 30.8 Å². The van der Waals surface area contributed by atoms with Gasteiger partial charge >= 0.3 is 0 Å². The van der Waals surface area contributed by atoms with Crippen molar-refractivity contribution >= 4 is 21.6 Å². The second-order valence-corrected chi connectivity index (χ2v) is 9.29. The molecule has 0 saturated carbocycles. The van der Waals surface area contributed by atoms with Crippen molar-refractivity contribution in [2.45, 2.75) is 44.9 Å². The van der Waals surface area contributed by atoms with E-state index in [4.69, 9.17) is 0 Å². The van der Waals surface area contributed by atoms with Crippen LogP contribution in [0.3, 0.4) is 0 Å². The number of sulfonamides is 1. The SMILES string of the molecule is Cc1cc(C)cc(NC(=O)CNS(=O)(=O)c2ccc(C(C)(C)C)cc2)c1. The molecule has 2 rings (SSSR count). The van der Waals surface area contributed by atoms with Gasteiger partial charge in [0.15, 0.2) is 0 Å². The number of aryl methyl sites for hydroxylation is 2. The van der Waals surface area contributed by atoms with Gasteiger partial charge < -0.3 is 5.32 Å². The number of benzene rings is 2. The fourth-order valence-electron chi connectivity index (χ4n) is 2.63. The highest BCUT2D eigenvalue weighted by atomic mass is 32.2. The monoisotopic (exact) mass is 374 g/mol. The van der Waals surface area contributed by atoms with E-state index in [0.717, 1.165) is 16.7 Å². The predicted octanol–water partition coefficient (Wildman–Crippen LogP) is 3.52. The van der Waals surface area contributed by atoms with Gasteiger partial charge in [0.1, 0.15) is 0 Å². The zero-order valence-electron chi connectivity index (χ0n) is 15.9. The molecule has 0 unspecified atom stereocenters. The van der Waals surface area contributed by atoms with Crippen LogP contribution in [0.1, 0.15) is 37.5 Å². The number of amides is 1. The number of hydrogen-bond donors (Lipinski definition) is 2. The molecule has 1 amide bonds. The van der Waals surface area contributed by atoms with Gasteiger partial charge in [-0.3, -0.25) is 4.79 Å². The Balaban J connectivity index is 2.02. The molecule has 2 N–H and O–H groups in total. The third kappa shape index (κ3) is 5.41. The lowest BCUT2D eigenvalue weighted by Crippen LogP contribution is -2.33. The van der Waals surface area contributed by atoms with E-state index < -0.39 is 15.9 Å². The van der Waals surface area contributed by atoms with Crippen LogP contribution in [-0.2, 0) is 20.2 Å². The summed E-state index contributed by atoms with van der Waals surface area (Å²) in [7, 11) is -3.74. The number of nitrogens with one attached hydrogen (secondary N) is 2. The second-order valence-electron chi connectivity index (χ2n) is 7.52. The summed E-state index contributed by atoms with van der Waals surface area (Å²) in [6, 6.07) is 12.4. The van der Waals surface area contributed by atoms with Gasteiger partial charge in [-0.15, -0.1) is 0 Å². The summed E-state index contributed by atoms with van der Waals surface area (Å²) in [5.74, 6) is -0.412. The molecule has 0 aromatic heterocycles. The van der Waals surface area contributed by atoms with E-state index in [9.17, 15) is 13.2 Å². The van der Waals surface area contributed by atoms with E-state index in [1.165, 1.54) is 0 Å². The molecule has 0 heterocycles. The largest absolute Gasteiger partial charge is 0.325 e. The number of carbonyl (C=O) groups is 1. The Morgan fingerprint density at radius 1 is 0.962 bits per heavy atom. The van der Waals surface area contributed by atoms with Crippen LogP contribution in [-0.4, -0.2) is 20.9 Å². The molecule has 0 bridgehead atoms. The van der Waals surface area contributed by atoms with Crippen molar-refractivity contribution < 1.29 is 13.2 Å². The minimum atomic E-state index is -3.74. The van der Waals surface area contributed by atoms with Crippen LogP contribution in [0, 0.1) is 13.8 Å². The van der Waals surface area contributed by atoms with E-state index in [1.54, 1.807) is 24.3 Å².